The third-order valence-electron chi connectivity index (χ3n) is 4.99. The van der Waals surface area contributed by atoms with Crippen molar-refractivity contribution in [1.29, 1.82) is 0 Å². The maximum Gasteiger partial charge on any atom is 0.317 e. The lowest BCUT2D eigenvalue weighted by Gasteiger charge is -2.25. The number of carbonyl (C=O) groups excluding carboxylic acids is 1. The monoisotopic (exact) mass is 362 g/mol. The highest BCUT2D eigenvalue weighted by Gasteiger charge is 2.19. The molecule has 0 atom stereocenters. The summed E-state index contributed by atoms with van der Waals surface area (Å²) in [5, 5.41) is 3.74. The number of amides is 2. The van der Waals surface area contributed by atoms with Crippen molar-refractivity contribution in [2.45, 2.75) is 6.42 Å². The fraction of sp³-hybridized carbons (Fsp3) is 0.238. The molecule has 27 heavy (non-hydrogen) atoms. The lowest BCUT2D eigenvalue weighted by atomic mass is 10.0. The van der Waals surface area contributed by atoms with Gasteiger partial charge in [0, 0.05) is 43.0 Å². The van der Waals surface area contributed by atoms with E-state index in [0.717, 1.165) is 40.0 Å². The van der Waals surface area contributed by atoms with Crippen LogP contribution in [0.15, 0.2) is 48.7 Å². The zero-order valence-corrected chi connectivity index (χ0v) is 15.5. The second kappa shape index (κ2) is 7.15. The van der Waals surface area contributed by atoms with Gasteiger partial charge in [-0.1, -0.05) is 24.3 Å². The van der Waals surface area contributed by atoms with Gasteiger partial charge in [-0.25, -0.2) is 9.78 Å². The number of nitrogens with one attached hydrogen (secondary N) is 2. The van der Waals surface area contributed by atoms with Crippen molar-refractivity contribution in [2.24, 2.45) is 0 Å². The van der Waals surface area contributed by atoms with Gasteiger partial charge in [-0.2, -0.15) is 0 Å². The SMILES string of the molecule is CNC(=O)N1CC=C(c2cc3c(-c4ccccc4OC)ccnc3[nH]2)CC1. The molecule has 6 heteroatoms. The molecule has 0 fully saturated rings. The topological polar surface area (TPSA) is 70.2 Å². The van der Waals surface area contributed by atoms with Crippen LogP contribution in [0.5, 0.6) is 5.75 Å². The number of urea groups is 1. The molecule has 4 rings (SSSR count). The summed E-state index contributed by atoms with van der Waals surface area (Å²) in [5.41, 5.74) is 5.24. The third kappa shape index (κ3) is 3.14. The summed E-state index contributed by atoms with van der Waals surface area (Å²) in [6.07, 6.45) is 4.73. The average Bonchev–Trinajstić information content (AvgIpc) is 3.17. The number of methoxy groups -OCH3 is 1. The molecular weight excluding hydrogens is 340 g/mol. The van der Waals surface area contributed by atoms with E-state index in [1.807, 2.05) is 30.5 Å². The van der Waals surface area contributed by atoms with Gasteiger partial charge < -0.3 is 19.9 Å². The van der Waals surface area contributed by atoms with Crippen LogP contribution in [0.25, 0.3) is 27.7 Å². The molecule has 2 N–H and O–H groups in total. The molecule has 0 spiro atoms. The van der Waals surface area contributed by atoms with Crippen LogP contribution in [0.4, 0.5) is 4.79 Å². The molecule has 1 aliphatic rings. The first-order chi connectivity index (χ1) is 13.2. The number of hydrogen-bond acceptors (Lipinski definition) is 3. The molecule has 138 valence electrons. The number of carbonyl (C=O) groups is 1. The summed E-state index contributed by atoms with van der Waals surface area (Å²) in [6.45, 7) is 1.31. The van der Waals surface area contributed by atoms with E-state index < -0.39 is 0 Å². The Labute approximate surface area is 157 Å². The number of H-pyrrole nitrogens is 1. The van der Waals surface area contributed by atoms with E-state index in [1.54, 1.807) is 19.1 Å². The normalized spacial score (nSPS) is 14.1. The largest absolute Gasteiger partial charge is 0.496 e. The van der Waals surface area contributed by atoms with Crippen molar-refractivity contribution in [3.63, 3.8) is 0 Å². The van der Waals surface area contributed by atoms with E-state index in [-0.39, 0.29) is 6.03 Å². The number of ether oxygens (including phenoxy) is 1. The summed E-state index contributed by atoms with van der Waals surface area (Å²) in [4.78, 5) is 21.5. The maximum absolute atomic E-state index is 11.8. The van der Waals surface area contributed by atoms with Gasteiger partial charge in [-0.05, 0) is 35.8 Å². The van der Waals surface area contributed by atoms with Crippen LogP contribution >= 0.6 is 0 Å². The molecule has 0 unspecified atom stereocenters. The number of rotatable bonds is 3. The molecule has 1 aliphatic heterocycles. The molecule has 0 aliphatic carbocycles. The van der Waals surface area contributed by atoms with E-state index in [1.165, 1.54) is 5.57 Å². The second-order valence-electron chi connectivity index (χ2n) is 6.48. The van der Waals surface area contributed by atoms with Gasteiger partial charge in [-0.15, -0.1) is 0 Å². The molecule has 3 heterocycles. The highest BCUT2D eigenvalue weighted by Crippen LogP contribution is 2.35. The predicted octanol–water partition coefficient (Wildman–Crippen LogP) is 3.67. The molecule has 0 saturated heterocycles. The van der Waals surface area contributed by atoms with Crippen molar-refractivity contribution in [3.8, 4) is 16.9 Å². The molecule has 0 radical (unpaired) electrons. The van der Waals surface area contributed by atoms with Crippen LogP contribution in [0.1, 0.15) is 12.1 Å². The van der Waals surface area contributed by atoms with Crippen LogP contribution in [0, 0.1) is 0 Å². The Hall–Kier alpha value is -3.28. The Morgan fingerprint density at radius 2 is 2.11 bits per heavy atom. The van der Waals surface area contributed by atoms with Crippen molar-refractivity contribution in [1.82, 2.24) is 20.2 Å². The lowest BCUT2D eigenvalue weighted by Crippen LogP contribution is -2.40. The first kappa shape index (κ1) is 17.1. The van der Waals surface area contributed by atoms with Gasteiger partial charge in [0.05, 0.1) is 7.11 Å². The molecule has 6 nitrogen and oxygen atoms in total. The summed E-state index contributed by atoms with van der Waals surface area (Å²) < 4.78 is 5.53. The maximum atomic E-state index is 11.8. The lowest BCUT2D eigenvalue weighted by molar-refractivity contribution is 0.205. The standard InChI is InChI=1S/C21H22N4O2/c1-22-21(26)25-11-8-14(9-12-25)18-13-17-15(7-10-23-20(17)24-18)16-5-3-4-6-19(16)27-2/h3-8,10,13H,9,11-12H2,1-2H3,(H,22,26)(H,23,24). The molecule has 0 saturated carbocycles. The van der Waals surface area contributed by atoms with Crippen molar-refractivity contribution >= 4 is 22.6 Å². The van der Waals surface area contributed by atoms with Crippen LogP contribution < -0.4 is 10.1 Å². The van der Waals surface area contributed by atoms with Gasteiger partial charge in [0.15, 0.2) is 0 Å². The second-order valence-corrected chi connectivity index (χ2v) is 6.48. The van der Waals surface area contributed by atoms with E-state index >= 15 is 0 Å². The number of nitrogens with zero attached hydrogens (tertiary/aromatic N) is 2. The molecule has 0 bridgehead atoms. The van der Waals surface area contributed by atoms with Gasteiger partial charge in [0.1, 0.15) is 11.4 Å². The first-order valence-electron chi connectivity index (χ1n) is 8.98. The van der Waals surface area contributed by atoms with E-state index in [0.29, 0.717) is 13.1 Å². The van der Waals surface area contributed by atoms with Gasteiger partial charge in [-0.3, -0.25) is 0 Å². The average molecular weight is 362 g/mol. The number of fused-ring (bicyclic) bond motifs is 1. The Balaban J connectivity index is 1.72. The summed E-state index contributed by atoms with van der Waals surface area (Å²) >= 11 is 0. The zero-order valence-electron chi connectivity index (χ0n) is 15.5. The number of pyridine rings is 1. The van der Waals surface area contributed by atoms with E-state index in [4.69, 9.17) is 4.74 Å². The third-order valence-corrected chi connectivity index (χ3v) is 4.99. The molecule has 2 amide bonds. The van der Waals surface area contributed by atoms with Gasteiger partial charge in [0.25, 0.3) is 0 Å². The fourth-order valence-electron chi connectivity index (χ4n) is 3.56. The van der Waals surface area contributed by atoms with Gasteiger partial charge >= 0.3 is 6.03 Å². The Morgan fingerprint density at radius 3 is 2.85 bits per heavy atom. The highest BCUT2D eigenvalue weighted by atomic mass is 16.5. The van der Waals surface area contributed by atoms with Crippen molar-refractivity contribution in [2.75, 3.05) is 27.2 Å². The molecule has 1 aromatic carbocycles. The quantitative estimate of drug-likeness (QED) is 0.747. The minimum atomic E-state index is -0.0397. The Kier molecular flexibility index (Phi) is 4.54. The van der Waals surface area contributed by atoms with E-state index in [9.17, 15) is 4.79 Å². The number of aromatic amines is 1. The number of hydrogen-bond donors (Lipinski definition) is 2. The summed E-state index contributed by atoms with van der Waals surface area (Å²) in [7, 11) is 3.34. The highest BCUT2D eigenvalue weighted by molar-refractivity contribution is 5.96. The first-order valence-corrected chi connectivity index (χ1v) is 8.98. The van der Waals surface area contributed by atoms with E-state index in [2.05, 4.69) is 33.5 Å². The molecular formula is C21H22N4O2. The summed E-state index contributed by atoms with van der Waals surface area (Å²) in [6, 6.07) is 12.1. The number of benzene rings is 1. The van der Waals surface area contributed by atoms with Gasteiger partial charge in [0.2, 0.25) is 0 Å². The fourth-order valence-corrected chi connectivity index (χ4v) is 3.56. The smallest absolute Gasteiger partial charge is 0.317 e. The number of aromatic nitrogens is 2. The van der Waals surface area contributed by atoms with Crippen LogP contribution in [-0.2, 0) is 0 Å². The number of para-hydroxylation sites is 1. The molecule has 2 aromatic heterocycles. The molecule has 3 aromatic rings. The van der Waals surface area contributed by atoms with Crippen LogP contribution in [0.3, 0.4) is 0 Å². The van der Waals surface area contributed by atoms with Crippen LogP contribution in [-0.4, -0.2) is 48.1 Å². The Bertz CT molecular complexity index is 1020. The zero-order chi connectivity index (χ0) is 18.8. The summed E-state index contributed by atoms with van der Waals surface area (Å²) in [5.74, 6) is 0.839. The predicted molar refractivity (Wildman–Crippen MR) is 107 cm³/mol. The minimum Gasteiger partial charge on any atom is -0.496 e. The van der Waals surface area contributed by atoms with Crippen molar-refractivity contribution in [3.05, 3.63) is 54.4 Å². The Morgan fingerprint density at radius 1 is 1.26 bits per heavy atom. The minimum absolute atomic E-state index is 0.0397. The van der Waals surface area contributed by atoms with Crippen LogP contribution in [0.2, 0.25) is 0 Å². The van der Waals surface area contributed by atoms with Crippen molar-refractivity contribution < 1.29 is 9.53 Å².